The Labute approximate surface area is 120 Å². The van der Waals surface area contributed by atoms with Crippen LogP contribution in [-0.2, 0) is 4.79 Å². The molecule has 4 nitrogen and oxygen atoms in total. The van der Waals surface area contributed by atoms with E-state index in [1.165, 1.54) is 31.9 Å². The maximum atomic E-state index is 11.5. The van der Waals surface area contributed by atoms with Crippen molar-refractivity contribution in [2.75, 3.05) is 0 Å². The third-order valence-electron chi connectivity index (χ3n) is 3.09. The van der Waals surface area contributed by atoms with Crippen LogP contribution in [0.5, 0.6) is 5.75 Å². The Kier molecular flexibility index (Phi) is 8.11. The third kappa shape index (κ3) is 6.92. The van der Waals surface area contributed by atoms with Crippen LogP contribution in [0, 0.1) is 0 Å². The summed E-state index contributed by atoms with van der Waals surface area (Å²) in [5.74, 6) is 0.0774. The Bertz CT molecular complexity index is 430. The summed E-state index contributed by atoms with van der Waals surface area (Å²) in [5.41, 5.74) is 3.07. The molecule has 0 fully saturated rings. The molecular weight excluding hydrogens is 252 g/mol. The molecule has 0 bridgehead atoms. The molecule has 1 rings (SSSR count). The van der Waals surface area contributed by atoms with Gasteiger partial charge >= 0.3 is 0 Å². The molecule has 0 radical (unpaired) electrons. The van der Waals surface area contributed by atoms with Crippen LogP contribution in [0.2, 0.25) is 0 Å². The lowest BCUT2D eigenvalue weighted by Crippen LogP contribution is -2.16. The second kappa shape index (κ2) is 10.0. The van der Waals surface area contributed by atoms with Crippen molar-refractivity contribution in [3.8, 4) is 5.75 Å². The average Bonchev–Trinajstić information content (AvgIpc) is 2.45. The number of amides is 1. The van der Waals surface area contributed by atoms with Crippen LogP contribution >= 0.6 is 0 Å². The molecule has 0 unspecified atom stereocenters. The number of unbranched alkanes of at least 4 members (excludes halogenated alkanes) is 5. The van der Waals surface area contributed by atoms with Gasteiger partial charge in [0.15, 0.2) is 0 Å². The van der Waals surface area contributed by atoms with Gasteiger partial charge in [0.2, 0.25) is 5.91 Å². The first-order chi connectivity index (χ1) is 9.74. The van der Waals surface area contributed by atoms with Crippen LogP contribution in [0.15, 0.2) is 29.4 Å². The number of hydrogen-bond donors (Lipinski definition) is 2. The second-order valence-corrected chi connectivity index (χ2v) is 4.87. The summed E-state index contributed by atoms with van der Waals surface area (Å²) in [6.45, 7) is 2.19. The molecule has 0 aliphatic carbocycles. The van der Waals surface area contributed by atoms with Gasteiger partial charge in [-0.2, -0.15) is 5.10 Å². The first-order valence-electron chi connectivity index (χ1n) is 7.34. The van der Waals surface area contributed by atoms with E-state index in [9.17, 15) is 9.90 Å². The molecule has 1 aromatic rings. The number of phenolic OH excluding ortho intramolecular Hbond substituents is 1. The molecular formula is C16H24N2O2. The maximum absolute atomic E-state index is 11.5. The zero-order valence-electron chi connectivity index (χ0n) is 12.1. The minimum absolute atomic E-state index is 0.0767. The number of phenols is 1. The Balaban J connectivity index is 2.15. The quantitative estimate of drug-likeness (QED) is 0.411. The van der Waals surface area contributed by atoms with Crippen molar-refractivity contribution in [2.24, 2.45) is 5.10 Å². The molecule has 0 spiro atoms. The first kappa shape index (κ1) is 16.2. The molecule has 0 saturated heterocycles. The molecule has 1 amide bonds. The molecule has 0 saturated carbocycles. The second-order valence-electron chi connectivity index (χ2n) is 4.87. The lowest BCUT2D eigenvalue weighted by atomic mass is 10.1. The summed E-state index contributed by atoms with van der Waals surface area (Å²) in [6.07, 6.45) is 8.92. The predicted octanol–water partition coefficient (Wildman–Crippen LogP) is 3.59. The number of carbonyl (C=O) groups is 1. The van der Waals surface area contributed by atoms with E-state index in [1.807, 2.05) is 0 Å². The number of hydrazone groups is 1. The van der Waals surface area contributed by atoms with E-state index >= 15 is 0 Å². The van der Waals surface area contributed by atoms with E-state index in [0.717, 1.165) is 12.8 Å². The molecule has 110 valence electrons. The van der Waals surface area contributed by atoms with Gasteiger partial charge in [0.05, 0.1) is 6.21 Å². The van der Waals surface area contributed by atoms with Crippen molar-refractivity contribution < 1.29 is 9.90 Å². The normalized spacial score (nSPS) is 10.8. The topological polar surface area (TPSA) is 61.7 Å². The number of benzene rings is 1. The fourth-order valence-electron chi connectivity index (χ4n) is 1.89. The molecule has 0 aromatic heterocycles. The number of para-hydroxylation sites is 1. The molecule has 0 heterocycles. The standard InChI is InChI=1S/C16H24N2O2/c1-2-3-4-5-6-7-12-16(20)18-17-13-14-10-8-9-11-15(14)19/h8-11,13,19H,2-7,12H2,1H3,(H,18,20). The van der Waals surface area contributed by atoms with Crippen molar-refractivity contribution in [2.45, 2.75) is 51.9 Å². The number of nitrogens with one attached hydrogen (secondary N) is 1. The maximum Gasteiger partial charge on any atom is 0.240 e. The average molecular weight is 276 g/mol. The number of rotatable bonds is 9. The summed E-state index contributed by atoms with van der Waals surface area (Å²) >= 11 is 0. The fourth-order valence-corrected chi connectivity index (χ4v) is 1.89. The van der Waals surface area contributed by atoms with Gasteiger partial charge in [0, 0.05) is 12.0 Å². The fraction of sp³-hybridized carbons (Fsp3) is 0.500. The lowest BCUT2D eigenvalue weighted by molar-refractivity contribution is -0.121. The van der Waals surface area contributed by atoms with E-state index in [0.29, 0.717) is 12.0 Å². The van der Waals surface area contributed by atoms with E-state index in [-0.39, 0.29) is 11.7 Å². The summed E-state index contributed by atoms with van der Waals surface area (Å²) in [5, 5.41) is 13.4. The summed E-state index contributed by atoms with van der Waals surface area (Å²) < 4.78 is 0. The minimum atomic E-state index is -0.0767. The summed E-state index contributed by atoms with van der Waals surface area (Å²) in [7, 11) is 0. The lowest BCUT2D eigenvalue weighted by Gasteiger charge is -2.01. The highest BCUT2D eigenvalue weighted by atomic mass is 16.3. The predicted molar refractivity (Wildman–Crippen MR) is 81.8 cm³/mol. The molecule has 1 aromatic carbocycles. The molecule has 0 aliphatic rings. The molecule has 0 atom stereocenters. The van der Waals surface area contributed by atoms with Crippen LogP contribution < -0.4 is 5.43 Å². The van der Waals surface area contributed by atoms with Gasteiger partial charge in [-0.1, -0.05) is 51.2 Å². The summed E-state index contributed by atoms with van der Waals surface area (Å²) in [4.78, 5) is 11.5. The highest BCUT2D eigenvalue weighted by Gasteiger charge is 1.99. The molecule has 20 heavy (non-hydrogen) atoms. The van der Waals surface area contributed by atoms with Crippen LogP contribution in [0.4, 0.5) is 0 Å². The van der Waals surface area contributed by atoms with Crippen molar-refractivity contribution in [1.82, 2.24) is 5.43 Å². The van der Waals surface area contributed by atoms with Crippen molar-refractivity contribution >= 4 is 12.1 Å². The van der Waals surface area contributed by atoms with Gasteiger partial charge in [-0.3, -0.25) is 4.79 Å². The van der Waals surface area contributed by atoms with Gasteiger partial charge in [-0.25, -0.2) is 5.43 Å². The zero-order valence-corrected chi connectivity index (χ0v) is 12.1. The number of aromatic hydroxyl groups is 1. The van der Waals surface area contributed by atoms with E-state index < -0.39 is 0 Å². The van der Waals surface area contributed by atoms with E-state index in [1.54, 1.807) is 24.3 Å². The van der Waals surface area contributed by atoms with Crippen LogP contribution in [-0.4, -0.2) is 17.2 Å². The Morgan fingerprint density at radius 2 is 1.90 bits per heavy atom. The largest absolute Gasteiger partial charge is 0.507 e. The first-order valence-corrected chi connectivity index (χ1v) is 7.34. The van der Waals surface area contributed by atoms with E-state index in [2.05, 4.69) is 17.5 Å². The molecule has 0 aliphatic heterocycles. The minimum Gasteiger partial charge on any atom is -0.507 e. The van der Waals surface area contributed by atoms with Crippen LogP contribution in [0.1, 0.15) is 57.4 Å². The Hall–Kier alpha value is -1.84. The molecule has 2 N–H and O–H groups in total. The monoisotopic (exact) mass is 276 g/mol. The van der Waals surface area contributed by atoms with Gasteiger partial charge < -0.3 is 5.11 Å². The highest BCUT2D eigenvalue weighted by molar-refractivity contribution is 5.84. The summed E-state index contributed by atoms with van der Waals surface area (Å²) in [6, 6.07) is 6.86. The van der Waals surface area contributed by atoms with Crippen LogP contribution in [0.3, 0.4) is 0 Å². The van der Waals surface area contributed by atoms with Gasteiger partial charge in [-0.15, -0.1) is 0 Å². The van der Waals surface area contributed by atoms with E-state index in [4.69, 9.17) is 0 Å². The van der Waals surface area contributed by atoms with Gasteiger partial charge in [0.1, 0.15) is 5.75 Å². The van der Waals surface area contributed by atoms with Crippen molar-refractivity contribution in [1.29, 1.82) is 0 Å². The van der Waals surface area contributed by atoms with Gasteiger partial charge in [-0.05, 0) is 18.6 Å². The number of carbonyl (C=O) groups excluding carboxylic acids is 1. The van der Waals surface area contributed by atoms with Crippen LogP contribution in [0.25, 0.3) is 0 Å². The Morgan fingerprint density at radius 1 is 1.20 bits per heavy atom. The Morgan fingerprint density at radius 3 is 2.65 bits per heavy atom. The zero-order chi connectivity index (χ0) is 14.6. The number of nitrogens with zero attached hydrogens (tertiary/aromatic N) is 1. The highest BCUT2D eigenvalue weighted by Crippen LogP contribution is 2.12. The smallest absolute Gasteiger partial charge is 0.240 e. The number of hydrogen-bond acceptors (Lipinski definition) is 3. The van der Waals surface area contributed by atoms with Crippen molar-refractivity contribution in [3.63, 3.8) is 0 Å². The van der Waals surface area contributed by atoms with Gasteiger partial charge in [0.25, 0.3) is 0 Å². The molecule has 4 heteroatoms. The third-order valence-corrected chi connectivity index (χ3v) is 3.09. The van der Waals surface area contributed by atoms with Crippen molar-refractivity contribution in [3.05, 3.63) is 29.8 Å². The SMILES string of the molecule is CCCCCCCCC(=O)NN=Cc1ccccc1O.